The molecule has 0 atom stereocenters. The molecule has 1 aliphatic rings. The van der Waals surface area contributed by atoms with Crippen molar-refractivity contribution in [1.82, 2.24) is 9.78 Å². The first-order chi connectivity index (χ1) is 6.75. The highest BCUT2D eigenvalue weighted by Gasteiger charge is 2.16. The summed E-state index contributed by atoms with van der Waals surface area (Å²) in [5.74, 6) is 1.91. The van der Waals surface area contributed by atoms with E-state index in [1.165, 1.54) is 19.3 Å². The van der Waals surface area contributed by atoms with E-state index in [1.807, 2.05) is 10.9 Å². The fourth-order valence-corrected chi connectivity index (χ4v) is 1.67. The minimum absolute atomic E-state index is 0.453. The maximum atomic E-state index is 4.45. The minimum atomic E-state index is 0.453. The van der Waals surface area contributed by atoms with Crippen molar-refractivity contribution in [2.75, 3.05) is 11.9 Å². The van der Waals surface area contributed by atoms with Crippen LogP contribution in [0, 0.1) is 5.92 Å². The van der Waals surface area contributed by atoms with E-state index >= 15 is 0 Å². The molecule has 0 bridgehead atoms. The van der Waals surface area contributed by atoms with Crippen LogP contribution >= 0.6 is 0 Å². The Balaban J connectivity index is 1.83. The third kappa shape index (κ3) is 2.08. The van der Waals surface area contributed by atoms with Gasteiger partial charge in [0.2, 0.25) is 0 Å². The molecule has 0 aliphatic heterocycles. The van der Waals surface area contributed by atoms with Crippen LogP contribution < -0.4 is 5.32 Å². The third-order valence-corrected chi connectivity index (χ3v) is 2.93. The van der Waals surface area contributed by atoms with Crippen molar-refractivity contribution in [1.29, 1.82) is 0 Å². The van der Waals surface area contributed by atoms with Crippen molar-refractivity contribution < 1.29 is 0 Å². The molecular weight excluding hydrogens is 174 g/mol. The van der Waals surface area contributed by atoms with Crippen molar-refractivity contribution in [3.63, 3.8) is 0 Å². The second-order valence-corrected chi connectivity index (χ2v) is 4.45. The zero-order valence-electron chi connectivity index (χ0n) is 9.03. The number of aromatic nitrogens is 2. The van der Waals surface area contributed by atoms with E-state index in [2.05, 4.69) is 30.3 Å². The van der Waals surface area contributed by atoms with Crippen molar-refractivity contribution in [3.05, 3.63) is 12.3 Å². The Hall–Kier alpha value is -0.990. The van der Waals surface area contributed by atoms with Gasteiger partial charge in [-0.15, -0.1) is 0 Å². The molecule has 14 heavy (non-hydrogen) atoms. The van der Waals surface area contributed by atoms with E-state index < -0.39 is 0 Å². The first-order valence-electron chi connectivity index (χ1n) is 5.55. The summed E-state index contributed by atoms with van der Waals surface area (Å²) in [5, 5.41) is 7.84. The number of hydrogen-bond acceptors (Lipinski definition) is 2. The van der Waals surface area contributed by atoms with Crippen LogP contribution in [-0.2, 0) is 0 Å². The van der Waals surface area contributed by atoms with E-state index in [0.29, 0.717) is 6.04 Å². The molecule has 1 saturated carbocycles. The molecule has 0 unspecified atom stereocenters. The molecule has 1 fully saturated rings. The van der Waals surface area contributed by atoms with Gasteiger partial charge in [-0.3, -0.25) is 4.68 Å². The molecule has 1 aromatic rings. The van der Waals surface area contributed by atoms with Gasteiger partial charge in [0.25, 0.3) is 0 Å². The molecule has 0 saturated heterocycles. The number of nitrogens with one attached hydrogen (secondary N) is 1. The van der Waals surface area contributed by atoms with Crippen LogP contribution in [0.25, 0.3) is 0 Å². The molecular formula is C11H19N3. The number of anilines is 1. The molecule has 1 aliphatic carbocycles. The number of nitrogens with zero attached hydrogens (tertiary/aromatic N) is 2. The summed E-state index contributed by atoms with van der Waals surface area (Å²) in [4.78, 5) is 0. The Morgan fingerprint density at radius 1 is 1.57 bits per heavy atom. The Morgan fingerprint density at radius 2 is 2.36 bits per heavy atom. The first-order valence-corrected chi connectivity index (χ1v) is 5.55. The van der Waals surface area contributed by atoms with Crippen LogP contribution in [0.15, 0.2) is 12.3 Å². The van der Waals surface area contributed by atoms with Gasteiger partial charge in [0.15, 0.2) is 0 Å². The monoisotopic (exact) mass is 193 g/mol. The maximum Gasteiger partial charge on any atom is 0.148 e. The summed E-state index contributed by atoms with van der Waals surface area (Å²) in [7, 11) is 0. The van der Waals surface area contributed by atoms with Gasteiger partial charge in [-0.25, -0.2) is 0 Å². The molecule has 0 radical (unpaired) electrons. The normalized spacial score (nSPS) is 17.1. The molecule has 1 aromatic heterocycles. The van der Waals surface area contributed by atoms with Crippen molar-refractivity contribution in [3.8, 4) is 0 Å². The zero-order chi connectivity index (χ0) is 9.97. The molecule has 3 heteroatoms. The van der Waals surface area contributed by atoms with Crippen molar-refractivity contribution >= 4 is 5.82 Å². The SMILES string of the molecule is CC(C)n1ccc(NCC2CCC2)n1. The second kappa shape index (κ2) is 4.03. The lowest BCUT2D eigenvalue weighted by Gasteiger charge is -2.25. The van der Waals surface area contributed by atoms with Crippen LogP contribution in [0.2, 0.25) is 0 Å². The van der Waals surface area contributed by atoms with Crippen LogP contribution in [0.1, 0.15) is 39.2 Å². The molecule has 1 heterocycles. The highest BCUT2D eigenvalue weighted by Crippen LogP contribution is 2.26. The van der Waals surface area contributed by atoms with Gasteiger partial charge in [-0.1, -0.05) is 6.42 Å². The molecule has 2 rings (SSSR count). The van der Waals surface area contributed by atoms with E-state index in [1.54, 1.807) is 0 Å². The quantitative estimate of drug-likeness (QED) is 0.796. The molecule has 78 valence electrons. The van der Waals surface area contributed by atoms with E-state index in [9.17, 15) is 0 Å². The van der Waals surface area contributed by atoms with Crippen molar-refractivity contribution in [2.45, 2.75) is 39.2 Å². The Kier molecular flexibility index (Phi) is 2.75. The molecule has 0 amide bonds. The molecule has 0 spiro atoms. The molecule has 3 nitrogen and oxygen atoms in total. The fourth-order valence-electron chi connectivity index (χ4n) is 1.67. The topological polar surface area (TPSA) is 29.9 Å². The van der Waals surface area contributed by atoms with E-state index in [4.69, 9.17) is 0 Å². The second-order valence-electron chi connectivity index (χ2n) is 4.45. The summed E-state index contributed by atoms with van der Waals surface area (Å²) in [6, 6.07) is 2.51. The van der Waals surface area contributed by atoms with Gasteiger partial charge in [0.1, 0.15) is 5.82 Å². The maximum absolute atomic E-state index is 4.45. The number of hydrogen-bond donors (Lipinski definition) is 1. The Morgan fingerprint density at radius 3 is 2.86 bits per heavy atom. The minimum Gasteiger partial charge on any atom is -0.368 e. The summed E-state index contributed by atoms with van der Waals surface area (Å²) < 4.78 is 1.99. The van der Waals surface area contributed by atoms with Gasteiger partial charge < -0.3 is 5.32 Å². The van der Waals surface area contributed by atoms with Gasteiger partial charge in [-0.05, 0) is 32.6 Å². The highest BCUT2D eigenvalue weighted by atomic mass is 15.3. The van der Waals surface area contributed by atoms with Crippen molar-refractivity contribution in [2.24, 2.45) is 5.92 Å². The summed E-state index contributed by atoms with van der Waals surface area (Å²) in [6.07, 6.45) is 6.22. The van der Waals surface area contributed by atoms with Gasteiger partial charge >= 0.3 is 0 Å². The molecule has 0 aromatic carbocycles. The van der Waals surface area contributed by atoms with E-state index in [-0.39, 0.29) is 0 Å². The van der Waals surface area contributed by atoms with Gasteiger partial charge in [0, 0.05) is 24.8 Å². The van der Waals surface area contributed by atoms with Gasteiger partial charge in [0.05, 0.1) is 0 Å². The average molecular weight is 193 g/mol. The lowest BCUT2D eigenvalue weighted by Crippen LogP contribution is -2.21. The Labute approximate surface area is 85.5 Å². The summed E-state index contributed by atoms with van der Waals surface area (Å²) >= 11 is 0. The van der Waals surface area contributed by atoms with Crippen LogP contribution in [0.5, 0.6) is 0 Å². The lowest BCUT2D eigenvalue weighted by atomic mass is 9.85. The average Bonchev–Trinajstić information content (AvgIpc) is 2.50. The predicted octanol–water partition coefficient (Wildman–Crippen LogP) is 2.68. The fraction of sp³-hybridized carbons (Fsp3) is 0.727. The largest absolute Gasteiger partial charge is 0.368 e. The predicted molar refractivity (Wildman–Crippen MR) is 58.4 cm³/mol. The Bertz CT molecular complexity index is 286. The number of rotatable bonds is 4. The standard InChI is InChI=1S/C11H19N3/c1-9(2)14-7-6-11(13-14)12-8-10-4-3-5-10/h6-7,9-10H,3-5,8H2,1-2H3,(H,12,13). The zero-order valence-corrected chi connectivity index (χ0v) is 9.03. The highest BCUT2D eigenvalue weighted by molar-refractivity contribution is 5.32. The van der Waals surface area contributed by atoms with Crippen LogP contribution in [-0.4, -0.2) is 16.3 Å². The summed E-state index contributed by atoms with van der Waals surface area (Å²) in [6.45, 7) is 5.38. The van der Waals surface area contributed by atoms with Gasteiger partial charge in [-0.2, -0.15) is 5.10 Å². The van der Waals surface area contributed by atoms with Crippen LogP contribution in [0.4, 0.5) is 5.82 Å². The van der Waals surface area contributed by atoms with Crippen LogP contribution in [0.3, 0.4) is 0 Å². The van der Waals surface area contributed by atoms with E-state index in [0.717, 1.165) is 18.3 Å². The first kappa shape index (κ1) is 9.56. The third-order valence-electron chi connectivity index (χ3n) is 2.93. The summed E-state index contributed by atoms with van der Waals surface area (Å²) in [5.41, 5.74) is 0. The molecule has 1 N–H and O–H groups in total. The lowest BCUT2D eigenvalue weighted by molar-refractivity contribution is 0.333. The smallest absolute Gasteiger partial charge is 0.148 e.